The van der Waals surface area contributed by atoms with Crippen molar-refractivity contribution in [1.82, 2.24) is 20.1 Å². The number of phenolic OH excluding ortho intramolecular Hbond substituents is 1. The van der Waals surface area contributed by atoms with E-state index < -0.39 is 0 Å². The number of benzene rings is 1. The quantitative estimate of drug-likeness (QED) is 0.656. The van der Waals surface area contributed by atoms with Gasteiger partial charge in [0.15, 0.2) is 0 Å². The van der Waals surface area contributed by atoms with Gasteiger partial charge in [-0.05, 0) is 42.3 Å². The molecule has 1 aliphatic heterocycles. The summed E-state index contributed by atoms with van der Waals surface area (Å²) < 4.78 is 5.15. The first kappa shape index (κ1) is 17.2. The lowest BCUT2D eigenvalue weighted by molar-refractivity contribution is 0.0723. The van der Waals surface area contributed by atoms with E-state index in [0.717, 1.165) is 23.1 Å². The Hall–Kier alpha value is -3.19. The smallest absolute Gasteiger partial charge is 0.273 e. The molecular formula is C20H20N4O3. The van der Waals surface area contributed by atoms with Gasteiger partial charge in [-0.3, -0.25) is 14.9 Å². The number of nitrogens with one attached hydrogen (secondary N) is 1. The summed E-state index contributed by atoms with van der Waals surface area (Å²) in [4.78, 5) is 19.1. The second-order valence-electron chi connectivity index (χ2n) is 6.44. The minimum absolute atomic E-state index is 0.0764. The average Bonchev–Trinajstić information content (AvgIpc) is 3.23. The predicted molar refractivity (Wildman–Crippen MR) is 99.3 cm³/mol. The van der Waals surface area contributed by atoms with Gasteiger partial charge in [-0.1, -0.05) is 6.07 Å². The monoisotopic (exact) mass is 364 g/mol. The number of carbonyl (C=O) groups excluding carboxylic acids is 1. The Kier molecular flexibility index (Phi) is 4.60. The Bertz CT molecular complexity index is 938. The second kappa shape index (κ2) is 7.20. The van der Waals surface area contributed by atoms with Gasteiger partial charge in [0.05, 0.1) is 11.7 Å². The van der Waals surface area contributed by atoms with Crippen LogP contribution in [-0.4, -0.2) is 51.4 Å². The van der Waals surface area contributed by atoms with Crippen LogP contribution >= 0.6 is 0 Å². The van der Waals surface area contributed by atoms with E-state index in [-0.39, 0.29) is 17.7 Å². The van der Waals surface area contributed by atoms with Crippen LogP contribution in [0.1, 0.15) is 34.1 Å². The fraction of sp³-hybridized carbons (Fsp3) is 0.250. The standard InChI is InChI=1S/C20H20N4O3/c1-27-11-3-10-24-19(14-4-2-9-21-12-14)16-17(22-23-18(16)20(24)26)13-5-7-15(25)8-6-13/h2,4-9,12,19,25H,3,10-11H2,1H3,(H,22,23). The topological polar surface area (TPSA) is 91.3 Å². The number of phenols is 1. The van der Waals surface area contributed by atoms with Crippen LogP contribution in [-0.2, 0) is 4.74 Å². The number of aromatic hydroxyl groups is 1. The molecule has 0 saturated carbocycles. The van der Waals surface area contributed by atoms with Gasteiger partial charge in [0.1, 0.15) is 11.4 Å². The van der Waals surface area contributed by atoms with E-state index in [0.29, 0.717) is 24.5 Å². The van der Waals surface area contributed by atoms with Gasteiger partial charge in [-0.25, -0.2) is 0 Å². The van der Waals surface area contributed by atoms with E-state index in [1.807, 2.05) is 17.0 Å². The molecule has 1 aliphatic rings. The third kappa shape index (κ3) is 3.06. The molecule has 1 atom stereocenters. The van der Waals surface area contributed by atoms with Crippen LogP contribution in [0.5, 0.6) is 5.75 Å². The SMILES string of the molecule is COCCCN1C(=O)c2[nH]nc(-c3ccc(O)cc3)c2C1c1cccnc1. The Morgan fingerprint density at radius 1 is 1.26 bits per heavy atom. The molecule has 7 nitrogen and oxygen atoms in total. The molecule has 1 amide bonds. The summed E-state index contributed by atoms with van der Waals surface area (Å²) in [5.41, 5.74) is 3.83. The number of ether oxygens (including phenoxy) is 1. The normalized spacial score (nSPS) is 16.0. The van der Waals surface area contributed by atoms with Crippen LogP contribution in [0.15, 0.2) is 48.8 Å². The van der Waals surface area contributed by atoms with Crippen molar-refractivity contribution in [2.24, 2.45) is 0 Å². The lowest BCUT2D eigenvalue weighted by Crippen LogP contribution is -2.31. The first-order chi connectivity index (χ1) is 13.2. The molecule has 0 saturated heterocycles. The zero-order valence-electron chi connectivity index (χ0n) is 14.9. The van der Waals surface area contributed by atoms with Crippen molar-refractivity contribution >= 4 is 5.91 Å². The molecule has 1 unspecified atom stereocenters. The van der Waals surface area contributed by atoms with Crippen LogP contribution in [0.25, 0.3) is 11.3 Å². The minimum Gasteiger partial charge on any atom is -0.508 e. The number of aromatic amines is 1. The van der Waals surface area contributed by atoms with Gasteiger partial charge in [-0.15, -0.1) is 0 Å². The number of nitrogens with zero attached hydrogens (tertiary/aromatic N) is 3. The largest absolute Gasteiger partial charge is 0.508 e. The first-order valence-electron chi connectivity index (χ1n) is 8.78. The molecule has 3 aromatic rings. The lowest BCUT2D eigenvalue weighted by Gasteiger charge is -2.26. The summed E-state index contributed by atoms with van der Waals surface area (Å²) in [7, 11) is 1.65. The highest BCUT2D eigenvalue weighted by atomic mass is 16.5. The van der Waals surface area contributed by atoms with Gasteiger partial charge < -0.3 is 14.7 Å². The Morgan fingerprint density at radius 2 is 2.07 bits per heavy atom. The summed E-state index contributed by atoms with van der Waals surface area (Å²) in [6.07, 6.45) is 4.24. The van der Waals surface area contributed by atoms with E-state index in [9.17, 15) is 9.90 Å². The van der Waals surface area contributed by atoms with Crippen molar-refractivity contribution in [3.8, 4) is 17.0 Å². The number of rotatable bonds is 6. The van der Waals surface area contributed by atoms with Crippen LogP contribution in [0.2, 0.25) is 0 Å². The number of fused-ring (bicyclic) bond motifs is 1. The van der Waals surface area contributed by atoms with E-state index in [1.165, 1.54) is 0 Å². The molecule has 138 valence electrons. The number of H-pyrrole nitrogens is 1. The van der Waals surface area contributed by atoms with Crippen LogP contribution in [0, 0.1) is 0 Å². The Balaban J connectivity index is 1.80. The fourth-order valence-corrected chi connectivity index (χ4v) is 3.53. The molecule has 7 heteroatoms. The van der Waals surface area contributed by atoms with Crippen molar-refractivity contribution in [3.05, 3.63) is 65.6 Å². The highest BCUT2D eigenvalue weighted by molar-refractivity contribution is 6.00. The van der Waals surface area contributed by atoms with Crippen molar-refractivity contribution in [1.29, 1.82) is 0 Å². The molecule has 0 aliphatic carbocycles. The highest BCUT2D eigenvalue weighted by Crippen LogP contribution is 2.42. The minimum atomic E-state index is -0.263. The molecule has 1 aromatic carbocycles. The molecule has 0 spiro atoms. The van der Waals surface area contributed by atoms with Gasteiger partial charge in [0, 0.05) is 43.8 Å². The molecule has 2 aromatic heterocycles. The summed E-state index contributed by atoms with van der Waals surface area (Å²) in [6.45, 7) is 1.16. The molecule has 0 bridgehead atoms. The maximum Gasteiger partial charge on any atom is 0.273 e. The summed E-state index contributed by atoms with van der Waals surface area (Å²) in [5.74, 6) is 0.111. The number of hydrogen-bond acceptors (Lipinski definition) is 5. The molecule has 0 fully saturated rings. The van der Waals surface area contributed by atoms with Gasteiger partial charge >= 0.3 is 0 Å². The van der Waals surface area contributed by atoms with E-state index in [4.69, 9.17) is 4.74 Å². The number of methoxy groups -OCH3 is 1. The van der Waals surface area contributed by atoms with Crippen molar-refractivity contribution in [2.45, 2.75) is 12.5 Å². The Morgan fingerprint density at radius 3 is 2.78 bits per heavy atom. The van der Waals surface area contributed by atoms with E-state index in [2.05, 4.69) is 15.2 Å². The fourth-order valence-electron chi connectivity index (χ4n) is 3.53. The number of amides is 1. The highest BCUT2D eigenvalue weighted by Gasteiger charge is 2.41. The molecule has 2 N–H and O–H groups in total. The third-order valence-corrected chi connectivity index (χ3v) is 4.75. The van der Waals surface area contributed by atoms with Crippen molar-refractivity contribution in [2.75, 3.05) is 20.3 Å². The van der Waals surface area contributed by atoms with Crippen LogP contribution in [0.3, 0.4) is 0 Å². The Labute approximate surface area is 156 Å². The molecular weight excluding hydrogens is 344 g/mol. The average molecular weight is 364 g/mol. The molecule has 0 radical (unpaired) electrons. The number of carbonyl (C=O) groups is 1. The van der Waals surface area contributed by atoms with Gasteiger partial charge in [-0.2, -0.15) is 5.10 Å². The number of aromatic nitrogens is 3. The lowest BCUT2D eigenvalue weighted by atomic mass is 9.97. The van der Waals surface area contributed by atoms with Crippen LogP contribution in [0.4, 0.5) is 0 Å². The zero-order chi connectivity index (χ0) is 18.8. The maximum absolute atomic E-state index is 13.0. The van der Waals surface area contributed by atoms with Gasteiger partial charge in [0.25, 0.3) is 5.91 Å². The predicted octanol–water partition coefficient (Wildman–Crippen LogP) is 2.76. The van der Waals surface area contributed by atoms with E-state index in [1.54, 1.807) is 43.8 Å². The molecule has 4 rings (SSSR count). The number of pyridine rings is 1. The summed E-state index contributed by atoms with van der Waals surface area (Å²) in [5, 5.41) is 16.9. The van der Waals surface area contributed by atoms with Crippen molar-refractivity contribution in [3.63, 3.8) is 0 Å². The van der Waals surface area contributed by atoms with Gasteiger partial charge in [0.2, 0.25) is 0 Å². The second-order valence-corrected chi connectivity index (χ2v) is 6.44. The van der Waals surface area contributed by atoms with Crippen LogP contribution < -0.4 is 0 Å². The molecule has 3 heterocycles. The first-order valence-corrected chi connectivity index (χ1v) is 8.78. The van der Waals surface area contributed by atoms with Crippen molar-refractivity contribution < 1.29 is 14.6 Å². The summed E-state index contributed by atoms with van der Waals surface area (Å²) in [6, 6.07) is 10.4. The molecule has 27 heavy (non-hydrogen) atoms. The number of hydrogen-bond donors (Lipinski definition) is 2. The zero-order valence-corrected chi connectivity index (χ0v) is 14.9. The third-order valence-electron chi connectivity index (χ3n) is 4.75. The summed E-state index contributed by atoms with van der Waals surface area (Å²) >= 11 is 0. The van der Waals surface area contributed by atoms with E-state index >= 15 is 0 Å². The maximum atomic E-state index is 13.0.